The van der Waals surface area contributed by atoms with Gasteiger partial charge >= 0.3 is 0 Å². The molecule has 0 saturated carbocycles. The Morgan fingerprint density at radius 1 is 1.89 bits per heavy atom. The highest BCUT2D eigenvalue weighted by Crippen LogP contribution is 2.27. The molecular weight excluding hydrogens is 114 g/mol. The molecule has 1 saturated heterocycles. The minimum Gasteiger partial charge on any atom is -0.371 e. The first-order chi connectivity index (χ1) is 4.14. The van der Waals surface area contributed by atoms with Crippen molar-refractivity contribution in [2.75, 3.05) is 6.54 Å². The molecule has 0 spiro atoms. The molecule has 9 heavy (non-hydrogen) atoms. The molecule has 0 bridgehead atoms. The minimum atomic E-state index is -0.163. The third-order valence-electron chi connectivity index (χ3n) is 1.71. The smallest absolute Gasteiger partial charge is 0.0705 e. The lowest BCUT2D eigenvalue weighted by Crippen LogP contribution is -2.25. The van der Waals surface area contributed by atoms with Gasteiger partial charge < -0.3 is 10.5 Å². The molecule has 0 aliphatic carbocycles. The van der Waals surface area contributed by atoms with Crippen LogP contribution < -0.4 is 5.73 Å². The second-order valence-corrected chi connectivity index (χ2v) is 2.96. The van der Waals surface area contributed by atoms with Gasteiger partial charge in [-0.05, 0) is 26.7 Å². The maximum Gasteiger partial charge on any atom is 0.0705 e. The van der Waals surface area contributed by atoms with Crippen LogP contribution in [0, 0.1) is 6.92 Å². The molecule has 1 aliphatic rings. The summed E-state index contributed by atoms with van der Waals surface area (Å²) in [5, 5.41) is 0. The van der Waals surface area contributed by atoms with Gasteiger partial charge in [-0.3, -0.25) is 0 Å². The van der Waals surface area contributed by atoms with Gasteiger partial charge in [0, 0.05) is 6.54 Å². The molecule has 2 nitrogen and oxygen atoms in total. The lowest BCUT2D eigenvalue weighted by molar-refractivity contribution is 0.00744. The maximum absolute atomic E-state index is 5.46. The van der Waals surface area contributed by atoms with E-state index < -0.39 is 0 Å². The first-order valence-corrected chi connectivity index (χ1v) is 3.37. The van der Waals surface area contributed by atoms with Crippen LogP contribution in [0.2, 0.25) is 0 Å². The minimum absolute atomic E-state index is 0.163. The molecule has 2 atom stereocenters. The average Bonchev–Trinajstić information content (AvgIpc) is 2.10. The number of nitrogens with two attached hydrogens (primary N) is 1. The lowest BCUT2D eigenvalue weighted by atomic mass is 10.1. The van der Waals surface area contributed by atoms with E-state index in [1.54, 1.807) is 0 Å². The molecular formula is C7H14NO. The summed E-state index contributed by atoms with van der Waals surface area (Å²) in [5.74, 6) is 0. The van der Waals surface area contributed by atoms with Gasteiger partial charge in [0.15, 0.2) is 0 Å². The van der Waals surface area contributed by atoms with Crippen LogP contribution >= 0.6 is 0 Å². The monoisotopic (exact) mass is 128 g/mol. The van der Waals surface area contributed by atoms with Gasteiger partial charge in [-0.1, -0.05) is 0 Å². The van der Waals surface area contributed by atoms with E-state index in [-0.39, 0.29) is 11.7 Å². The van der Waals surface area contributed by atoms with E-state index in [2.05, 4.69) is 6.92 Å². The number of ether oxygens (including phenoxy) is 1. The predicted molar refractivity (Wildman–Crippen MR) is 36.9 cm³/mol. The summed E-state index contributed by atoms with van der Waals surface area (Å²) in [6, 6.07) is 0. The SMILES string of the molecule is [CH2]C1(C)CCC(CN)O1. The number of hydrogen-bond acceptors (Lipinski definition) is 2. The van der Waals surface area contributed by atoms with Crippen molar-refractivity contribution < 1.29 is 4.74 Å². The third-order valence-corrected chi connectivity index (χ3v) is 1.71. The van der Waals surface area contributed by atoms with Crippen LogP contribution in [0.4, 0.5) is 0 Å². The zero-order chi connectivity index (χ0) is 6.91. The van der Waals surface area contributed by atoms with Crippen LogP contribution in [0.15, 0.2) is 0 Å². The molecule has 1 rings (SSSR count). The van der Waals surface area contributed by atoms with E-state index in [4.69, 9.17) is 10.5 Å². The van der Waals surface area contributed by atoms with Crippen molar-refractivity contribution in [2.24, 2.45) is 5.73 Å². The van der Waals surface area contributed by atoms with Crippen molar-refractivity contribution in [3.05, 3.63) is 6.92 Å². The number of rotatable bonds is 1. The van der Waals surface area contributed by atoms with E-state index in [1.807, 2.05) is 6.92 Å². The fourth-order valence-electron chi connectivity index (χ4n) is 1.15. The fraction of sp³-hybridized carbons (Fsp3) is 0.857. The van der Waals surface area contributed by atoms with Gasteiger partial charge in [-0.15, -0.1) is 0 Å². The van der Waals surface area contributed by atoms with E-state index in [0.29, 0.717) is 6.54 Å². The summed E-state index contributed by atoms with van der Waals surface area (Å²) in [6.07, 6.45) is 2.36. The Labute approximate surface area is 56.4 Å². The van der Waals surface area contributed by atoms with Crippen LogP contribution in [0.3, 0.4) is 0 Å². The van der Waals surface area contributed by atoms with Crippen LogP contribution in [-0.4, -0.2) is 18.2 Å². The fourth-order valence-corrected chi connectivity index (χ4v) is 1.15. The molecule has 0 aromatic carbocycles. The van der Waals surface area contributed by atoms with Crippen molar-refractivity contribution in [3.8, 4) is 0 Å². The zero-order valence-electron chi connectivity index (χ0n) is 5.89. The van der Waals surface area contributed by atoms with Crippen LogP contribution in [0.5, 0.6) is 0 Å². The topological polar surface area (TPSA) is 35.2 Å². The van der Waals surface area contributed by atoms with Crippen molar-refractivity contribution in [2.45, 2.75) is 31.5 Å². The summed E-state index contributed by atoms with van der Waals surface area (Å²) < 4.78 is 5.46. The van der Waals surface area contributed by atoms with Crippen molar-refractivity contribution in [3.63, 3.8) is 0 Å². The predicted octanol–water partition coefficient (Wildman–Crippen LogP) is 0.717. The van der Waals surface area contributed by atoms with Crippen LogP contribution in [0.1, 0.15) is 19.8 Å². The van der Waals surface area contributed by atoms with E-state index in [0.717, 1.165) is 12.8 Å². The molecule has 53 valence electrons. The van der Waals surface area contributed by atoms with Crippen molar-refractivity contribution in [1.29, 1.82) is 0 Å². The molecule has 2 N–H and O–H groups in total. The van der Waals surface area contributed by atoms with Crippen molar-refractivity contribution in [1.82, 2.24) is 0 Å². The Morgan fingerprint density at radius 2 is 2.56 bits per heavy atom. The van der Waals surface area contributed by atoms with Gasteiger partial charge in [0.25, 0.3) is 0 Å². The Hall–Kier alpha value is -0.0800. The quantitative estimate of drug-likeness (QED) is 0.564. The lowest BCUT2D eigenvalue weighted by Gasteiger charge is -2.17. The molecule has 1 fully saturated rings. The van der Waals surface area contributed by atoms with E-state index in [1.165, 1.54) is 0 Å². The van der Waals surface area contributed by atoms with Gasteiger partial charge in [0.1, 0.15) is 0 Å². The molecule has 1 heterocycles. The average molecular weight is 128 g/mol. The summed E-state index contributed by atoms with van der Waals surface area (Å²) in [4.78, 5) is 0. The third kappa shape index (κ3) is 1.66. The largest absolute Gasteiger partial charge is 0.371 e. The summed E-state index contributed by atoms with van der Waals surface area (Å²) in [5.41, 5.74) is 5.24. The summed E-state index contributed by atoms with van der Waals surface area (Å²) >= 11 is 0. The Kier molecular flexibility index (Phi) is 1.78. The summed E-state index contributed by atoms with van der Waals surface area (Å²) in [6.45, 7) is 6.52. The first kappa shape index (κ1) is 7.03. The second-order valence-electron chi connectivity index (χ2n) is 2.96. The molecule has 1 aliphatic heterocycles. The highest BCUT2D eigenvalue weighted by Gasteiger charge is 2.30. The standard InChI is InChI=1S/C7H14NO/c1-7(2)4-3-6(5-8)9-7/h6H,1,3-5,8H2,2H3. The highest BCUT2D eigenvalue weighted by molar-refractivity contribution is 4.87. The molecule has 0 amide bonds. The normalized spacial score (nSPS) is 33.0. The second kappa shape index (κ2) is 2.27. The van der Waals surface area contributed by atoms with Gasteiger partial charge in [0.2, 0.25) is 0 Å². The molecule has 2 heteroatoms. The maximum atomic E-state index is 5.46. The van der Waals surface area contributed by atoms with Crippen molar-refractivity contribution >= 4 is 0 Å². The number of hydrogen-bond donors (Lipinski definition) is 1. The van der Waals surface area contributed by atoms with Gasteiger partial charge in [-0.2, -0.15) is 0 Å². The Bertz CT molecular complexity index is 101. The molecule has 1 radical (unpaired) electrons. The van der Waals surface area contributed by atoms with E-state index in [9.17, 15) is 0 Å². The molecule has 0 aromatic rings. The van der Waals surface area contributed by atoms with Crippen LogP contribution in [-0.2, 0) is 4.74 Å². The molecule has 2 unspecified atom stereocenters. The molecule has 0 aromatic heterocycles. The van der Waals surface area contributed by atoms with Crippen LogP contribution in [0.25, 0.3) is 0 Å². The zero-order valence-corrected chi connectivity index (χ0v) is 5.89. The first-order valence-electron chi connectivity index (χ1n) is 3.37. The Balaban J connectivity index is 2.38. The summed E-state index contributed by atoms with van der Waals surface area (Å²) in [7, 11) is 0. The van der Waals surface area contributed by atoms with E-state index >= 15 is 0 Å². The van der Waals surface area contributed by atoms with Gasteiger partial charge in [-0.25, -0.2) is 0 Å². The van der Waals surface area contributed by atoms with Gasteiger partial charge in [0.05, 0.1) is 11.7 Å². The highest BCUT2D eigenvalue weighted by atomic mass is 16.5. The Morgan fingerprint density at radius 3 is 2.78 bits per heavy atom.